The lowest BCUT2D eigenvalue weighted by Gasteiger charge is -2.32. The summed E-state index contributed by atoms with van der Waals surface area (Å²) in [5.41, 5.74) is 0.601. The minimum absolute atomic E-state index is 0.119. The van der Waals surface area contributed by atoms with Crippen LogP contribution in [0.4, 0.5) is 0 Å². The maximum atomic E-state index is 12.4. The van der Waals surface area contributed by atoms with Gasteiger partial charge >= 0.3 is 0 Å². The number of nitrogens with one attached hydrogen (secondary N) is 1. The number of thioether (sulfide) groups is 1. The number of likely N-dealkylation sites (N-methyl/N-ethyl adjacent to an activating group) is 1. The second kappa shape index (κ2) is 9.20. The van der Waals surface area contributed by atoms with Crippen LogP contribution in [0.1, 0.15) is 29.1 Å². The van der Waals surface area contributed by atoms with Gasteiger partial charge in [0.15, 0.2) is 11.0 Å². The molecular weight excluding hydrogens is 376 g/mol. The Bertz CT molecular complexity index is 817. The molecule has 9 heteroatoms. The van der Waals surface area contributed by atoms with Crippen molar-refractivity contribution >= 4 is 23.6 Å². The molecule has 0 aliphatic carbocycles. The van der Waals surface area contributed by atoms with Crippen molar-refractivity contribution < 1.29 is 9.59 Å². The van der Waals surface area contributed by atoms with Crippen LogP contribution < -0.4 is 5.32 Å². The molecule has 1 saturated heterocycles. The molecule has 0 saturated carbocycles. The summed E-state index contributed by atoms with van der Waals surface area (Å²) >= 11 is 1.37. The number of benzene rings is 1. The van der Waals surface area contributed by atoms with E-state index in [0.29, 0.717) is 22.3 Å². The SMILES string of the molecule is C[C@@H](NC(=O)c1ccccc1)c1nnc(SCC(=O)N2CCN(C)CC2)n1C. The lowest BCUT2D eigenvalue weighted by Crippen LogP contribution is -2.47. The molecule has 1 aromatic carbocycles. The van der Waals surface area contributed by atoms with Gasteiger partial charge in [-0.15, -0.1) is 10.2 Å². The van der Waals surface area contributed by atoms with E-state index in [2.05, 4.69) is 27.5 Å². The predicted octanol–water partition coefficient (Wildman–Crippen LogP) is 1.17. The Kier molecular flexibility index (Phi) is 6.69. The van der Waals surface area contributed by atoms with Crippen molar-refractivity contribution in [2.75, 3.05) is 39.0 Å². The third-order valence-corrected chi connectivity index (χ3v) is 5.83. The Morgan fingerprint density at radius 1 is 1.11 bits per heavy atom. The molecule has 150 valence electrons. The van der Waals surface area contributed by atoms with Crippen molar-refractivity contribution in [3.05, 3.63) is 41.7 Å². The Labute approximate surface area is 169 Å². The molecule has 2 amide bonds. The molecule has 1 fully saturated rings. The first-order valence-electron chi connectivity index (χ1n) is 9.30. The fourth-order valence-electron chi connectivity index (χ4n) is 3.04. The highest BCUT2D eigenvalue weighted by Crippen LogP contribution is 2.20. The summed E-state index contributed by atoms with van der Waals surface area (Å²) in [7, 11) is 3.92. The lowest BCUT2D eigenvalue weighted by atomic mass is 10.2. The molecule has 1 aliphatic rings. The molecule has 1 atom stereocenters. The molecule has 0 spiro atoms. The highest BCUT2D eigenvalue weighted by atomic mass is 32.2. The molecule has 2 aromatic rings. The van der Waals surface area contributed by atoms with Crippen LogP contribution in [0, 0.1) is 0 Å². The van der Waals surface area contributed by atoms with Gasteiger partial charge in [-0.2, -0.15) is 0 Å². The lowest BCUT2D eigenvalue weighted by molar-refractivity contribution is -0.129. The highest BCUT2D eigenvalue weighted by Gasteiger charge is 2.22. The zero-order chi connectivity index (χ0) is 20.1. The van der Waals surface area contributed by atoms with Crippen LogP contribution in [0.2, 0.25) is 0 Å². The molecule has 0 unspecified atom stereocenters. The number of amides is 2. The van der Waals surface area contributed by atoms with Gasteiger partial charge in [0.2, 0.25) is 5.91 Å². The van der Waals surface area contributed by atoms with E-state index in [0.717, 1.165) is 26.2 Å². The van der Waals surface area contributed by atoms with E-state index >= 15 is 0 Å². The maximum absolute atomic E-state index is 12.4. The van der Waals surface area contributed by atoms with Gasteiger partial charge in [0.1, 0.15) is 0 Å². The number of hydrogen-bond acceptors (Lipinski definition) is 6. The Morgan fingerprint density at radius 3 is 2.46 bits per heavy atom. The van der Waals surface area contributed by atoms with Gasteiger partial charge in [0.25, 0.3) is 5.91 Å². The third-order valence-electron chi connectivity index (χ3n) is 4.82. The number of rotatable bonds is 6. The summed E-state index contributed by atoms with van der Waals surface area (Å²) in [6, 6.07) is 8.76. The van der Waals surface area contributed by atoms with Crippen molar-refractivity contribution in [1.82, 2.24) is 29.9 Å². The molecular formula is C19H26N6O2S. The summed E-state index contributed by atoms with van der Waals surface area (Å²) in [4.78, 5) is 28.9. The molecule has 0 radical (unpaired) electrons. The van der Waals surface area contributed by atoms with Crippen LogP contribution in [0.3, 0.4) is 0 Å². The van der Waals surface area contributed by atoms with Crippen LogP contribution >= 0.6 is 11.8 Å². The minimum atomic E-state index is -0.298. The van der Waals surface area contributed by atoms with Gasteiger partial charge in [-0.05, 0) is 26.1 Å². The zero-order valence-electron chi connectivity index (χ0n) is 16.5. The molecule has 1 aromatic heterocycles. The van der Waals surface area contributed by atoms with Gasteiger partial charge in [-0.1, -0.05) is 30.0 Å². The molecule has 8 nitrogen and oxygen atoms in total. The van der Waals surface area contributed by atoms with Crippen molar-refractivity contribution in [2.24, 2.45) is 7.05 Å². The highest BCUT2D eigenvalue weighted by molar-refractivity contribution is 7.99. The van der Waals surface area contributed by atoms with Crippen LogP contribution in [0.25, 0.3) is 0 Å². The van der Waals surface area contributed by atoms with Crippen LogP contribution in [0.15, 0.2) is 35.5 Å². The van der Waals surface area contributed by atoms with E-state index in [-0.39, 0.29) is 17.9 Å². The number of nitrogens with zero attached hydrogens (tertiary/aromatic N) is 5. The summed E-state index contributed by atoms with van der Waals surface area (Å²) in [5, 5.41) is 12.0. The second-order valence-electron chi connectivity index (χ2n) is 6.93. The van der Waals surface area contributed by atoms with E-state index in [1.807, 2.05) is 41.6 Å². The van der Waals surface area contributed by atoms with Gasteiger partial charge in [0.05, 0.1) is 11.8 Å². The van der Waals surface area contributed by atoms with Crippen LogP contribution in [-0.4, -0.2) is 75.4 Å². The smallest absolute Gasteiger partial charge is 0.251 e. The second-order valence-corrected chi connectivity index (χ2v) is 7.88. The van der Waals surface area contributed by atoms with Crippen molar-refractivity contribution in [3.8, 4) is 0 Å². The van der Waals surface area contributed by atoms with Gasteiger partial charge in [0, 0.05) is 38.8 Å². The first-order chi connectivity index (χ1) is 13.5. The monoisotopic (exact) mass is 402 g/mol. The average molecular weight is 403 g/mol. The van der Waals surface area contributed by atoms with Crippen LogP contribution in [0.5, 0.6) is 0 Å². The fourth-order valence-corrected chi connectivity index (χ4v) is 3.86. The molecule has 28 heavy (non-hydrogen) atoms. The standard InChI is InChI=1S/C19H26N6O2S/c1-14(20-18(27)15-7-5-4-6-8-15)17-21-22-19(24(17)3)28-13-16(26)25-11-9-23(2)10-12-25/h4-8,14H,9-13H2,1-3H3,(H,20,27)/t14-/m1/s1. The largest absolute Gasteiger partial charge is 0.342 e. The minimum Gasteiger partial charge on any atom is -0.342 e. The number of carbonyl (C=O) groups is 2. The van der Waals surface area contributed by atoms with E-state index in [9.17, 15) is 9.59 Å². The van der Waals surface area contributed by atoms with Gasteiger partial charge in [-0.25, -0.2) is 0 Å². The Hall–Kier alpha value is -2.39. The van der Waals surface area contributed by atoms with Gasteiger partial charge < -0.3 is 19.7 Å². The average Bonchev–Trinajstić information content (AvgIpc) is 3.08. The number of aromatic nitrogens is 3. The maximum Gasteiger partial charge on any atom is 0.251 e. The fraction of sp³-hybridized carbons (Fsp3) is 0.474. The molecule has 1 N–H and O–H groups in total. The van der Waals surface area contributed by atoms with E-state index in [1.54, 1.807) is 12.1 Å². The summed E-state index contributed by atoms with van der Waals surface area (Å²) in [5.74, 6) is 0.947. The third kappa shape index (κ3) is 4.90. The normalized spacial score (nSPS) is 16.0. The molecule has 1 aliphatic heterocycles. The Morgan fingerprint density at radius 2 is 1.79 bits per heavy atom. The zero-order valence-corrected chi connectivity index (χ0v) is 17.3. The quantitative estimate of drug-likeness (QED) is 0.731. The van der Waals surface area contributed by atoms with E-state index in [4.69, 9.17) is 0 Å². The Balaban J connectivity index is 1.55. The number of hydrogen-bond donors (Lipinski definition) is 1. The summed E-state index contributed by atoms with van der Waals surface area (Å²) < 4.78 is 1.83. The molecule has 0 bridgehead atoms. The van der Waals surface area contributed by atoms with Crippen molar-refractivity contribution in [1.29, 1.82) is 0 Å². The van der Waals surface area contributed by atoms with Crippen molar-refractivity contribution in [2.45, 2.75) is 18.1 Å². The summed E-state index contributed by atoms with van der Waals surface area (Å²) in [6.07, 6.45) is 0. The number of piperazine rings is 1. The van der Waals surface area contributed by atoms with E-state index < -0.39 is 0 Å². The summed E-state index contributed by atoms with van der Waals surface area (Å²) in [6.45, 7) is 5.21. The molecule has 2 heterocycles. The van der Waals surface area contributed by atoms with Crippen molar-refractivity contribution in [3.63, 3.8) is 0 Å². The number of carbonyl (C=O) groups excluding carboxylic acids is 2. The van der Waals surface area contributed by atoms with E-state index in [1.165, 1.54) is 11.8 Å². The first-order valence-corrected chi connectivity index (χ1v) is 10.3. The molecule has 3 rings (SSSR count). The predicted molar refractivity (Wildman–Crippen MR) is 108 cm³/mol. The van der Waals surface area contributed by atoms with Crippen LogP contribution in [-0.2, 0) is 11.8 Å². The first kappa shape index (κ1) is 20.3. The topological polar surface area (TPSA) is 83.4 Å². The van der Waals surface area contributed by atoms with Gasteiger partial charge in [-0.3, -0.25) is 9.59 Å².